The molecule has 6 heteroatoms. The third-order valence-corrected chi connectivity index (χ3v) is 4.12. The summed E-state index contributed by atoms with van der Waals surface area (Å²) >= 11 is 0. The van der Waals surface area contributed by atoms with Crippen molar-refractivity contribution < 1.29 is 9.59 Å². The minimum Gasteiger partial charge on any atom is -0.344 e. The standard InChI is InChI=1S/C18H16N4O2/c23-16-11-10-14(19-16)17(24)21-18-20-13-8-4-5-9-15(13)22(18)12-6-2-1-3-7-12/h1-9,14H,10-11H2,(H,19,23)(H,20,21,24)/t14-/m0/s1. The Morgan fingerprint density at radius 1 is 1.12 bits per heavy atom. The lowest BCUT2D eigenvalue weighted by molar-refractivity contribution is -0.122. The van der Waals surface area contributed by atoms with Crippen LogP contribution in [-0.2, 0) is 9.59 Å². The Bertz CT molecular complexity index is 917. The highest BCUT2D eigenvalue weighted by Crippen LogP contribution is 2.25. The number of nitrogens with one attached hydrogen (secondary N) is 2. The highest BCUT2D eigenvalue weighted by Gasteiger charge is 2.28. The normalized spacial score (nSPS) is 17.0. The lowest BCUT2D eigenvalue weighted by Crippen LogP contribution is -2.37. The molecule has 1 atom stereocenters. The van der Waals surface area contributed by atoms with Gasteiger partial charge in [-0.2, -0.15) is 0 Å². The summed E-state index contributed by atoms with van der Waals surface area (Å²) in [5, 5.41) is 5.54. The minimum atomic E-state index is -0.499. The number of carbonyl (C=O) groups is 2. The van der Waals surface area contributed by atoms with Gasteiger partial charge in [-0.05, 0) is 30.7 Å². The fraction of sp³-hybridized carbons (Fsp3) is 0.167. The van der Waals surface area contributed by atoms with Crippen molar-refractivity contribution in [2.45, 2.75) is 18.9 Å². The van der Waals surface area contributed by atoms with Crippen molar-refractivity contribution in [3.8, 4) is 5.69 Å². The van der Waals surface area contributed by atoms with Gasteiger partial charge in [0.15, 0.2) is 0 Å². The quantitative estimate of drug-likeness (QED) is 0.777. The number of carbonyl (C=O) groups excluding carboxylic acids is 2. The average Bonchev–Trinajstić information content (AvgIpc) is 3.19. The van der Waals surface area contributed by atoms with Crippen LogP contribution in [0.5, 0.6) is 0 Å². The second-order valence-electron chi connectivity index (χ2n) is 5.74. The Morgan fingerprint density at radius 3 is 2.62 bits per heavy atom. The van der Waals surface area contributed by atoms with E-state index in [4.69, 9.17) is 0 Å². The first-order chi connectivity index (χ1) is 11.7. The van der Waals surface area contributed by atoms with E-state index < -0.39 is 6.04 Å². The van der Waals surface area contributed by atoms with Gasteiger partial charge in [0.25, 0.3) is 0 Å². The first-order valence-corrected chi connectivity index (χ1v) is 7.85. The van der Waals surface area contributed by atoms with Crippen LogP contribution in [0.4, 0.5) is 5.95 Å². The summed E-state index contributed by atoms with van der Waals surface area (Å²) in [5.41, 5.74) is 2.62. The molecular formula is C18H16N4O2. The van der Waals surface area contributed by atoms with Crippen LogP contribution in [0.15, 0.2) is 54.6 Å². The monoisotopic (exact) mass is 320 g/mol. The smallest absolute Gasteiger partial charge is 0.249 e. The summed E-state index contributed by atoms with van der Waals surface area (Å²) in [7, 11) is 0. The molecule has 0 spiro atoms. The second-order valence-corrected chi connectivity index (χ2v) is 5.74. The van der Waals surface area contributed by atoms with E-state index in [9.17, 15) is 9.59 Å². The third kappa shape index (κ3) is 2.52. The second kappa shape index (κ2) is 5.81. The van der Waals surface area contributed by atoms with E-state index >= 15 is 0 Å². The number of aromatic nitrogens is 2. The van der Waals surface area contributed by atoms with Crippen LogP contribution >= 0.6 is 0 Å². The number of amides is 2. The van der Waals surface area contributed by atoms with Gasteiger partial charge >= 0.3 is 0 Å². The molecule has 2 amide bonds. The maximum Gasteiger partial charge on any atom is 0.249 e. The van der Waals surface area contributed by atoms with Crippen molar-refractivity contribution in [1.82, 2.24) is 14.9 Å². The van der Waals surface area contributed by atoms with Crippen LogP contribution in [0, 0.1) is 0 Å². The van der Waals surface area contributed by atoms with Gasteiger partial charge < -0.3 is 5.32 Å². The van der Waals surface area contributed by atoms with Crippen molar-refractivity contribution >= 4 is 28.8 Å². The topological polar surface area (TPSA) is 76.0 Å². The molecule has 4 rings (SSSR count). The van der Waals surface area contributed by atoms with Crippen LogP contribution in [-0.4, -0.2) is 27.4 Å². The number of anilines is 1. The van der Waals surface area contributed by atoms with Crippen molar-refractivity contribution in [1.29, 1.82) is 0 Å². The van der Waals surface area contributed by atoms with Crippen molar-refractivity contribution in [2.75, 3.05) is 5.32 Å². The number of hydrogen-bond donors (Lipinski definition) is 2. The van der Waals surface area contributed by atoms with Crippen LogP contribution in [0.3, 0.4) is 0 Å². The summed E-state index contributed by atoms with van der Waals surface area (Å²) < 4.78 is 1.91. The number of benzene rings is 2. The fourth-order valence-electron chi connectivity index (χ4n) is 2.96. The number of hydrogen-bond acceptors (Lipinski definition) is 3. The molecule has 0 aliphatic carbocycles. The fourth-order valence-corrected chi connectivity index (χ4v) is 2.96. The molecule has 6 nitrogen and oxygen atoms in total. The lowest BCUT2D eigenvalue weighted by Gasteiger charge is -2.13. The van der Waals surface area contributed by atoms with Crippen molar-refractivity contribution in [2.24, 2.45) is 0 Å². The molecule has 24 heavy (non-hydrogen) atoms. The largest absolute Gasteiger partial charge is 0.344 e. The van der Waals surface area contributed by atoms with Crippen LogP contribution < -0.4 is 10.6 Å². The van der Waals surface area contributed by atoms with E-state index in [1.165, 1.54) is 0 Å². The Morgan fingerprint density at radius 2 is 1.88 bits per heavy atom. The molecule has 1 fully saturated rings. The van der Waals surface area contributed by atoms with E-state index in [2.05, 4.69) is 15.6 Å². The zero-order valence-electron chi connectivity index (χ0n) is 12.9. The molecule has 3 aromatic rings. The first-order valence-electron chi connectivity index (χ1n) is 7.85. The summed E-state index contributed by atoms with van der Waals surface area (Å²) in [6.07, 6.45) is 0.892. The molecule has 0 radical (unpaired) electrons. The highest BCUT2D eigenvalue weighted by molar-refractivity contribution is 5.99. The van der Waals surface area contributed by atoms with Gasteiger partial charge in [0.1, 0.15) is 6.04 Å². The van der Waals surface area contributed by atoms with Crippen molar-refractivity contribution in [3.63, 3.8) is 0 Å². The first kappa shape index (κ1) is 14.4. The Hall–Kier alpha value is -3.15. The summed E-state index contributed by atoms with van der Waals surface area (Å²) in [4.78, 5) is 28.3. The molecule has 120 valence electrons. The van der Waals surface area contributed by atoms with E-state index in [1.54, 1.807) is 0 Å². The molecule has 2 heterocycles. The maximum atomic E-state index is 12.4. The van der Waals surface area contributed by atoms with Gasteiger partial charge in [-0.15, -0.1) is 0 Å². The lowest BCUT2D eigenvalue weighted by atomic mass is 10.2. The van der Waals surface area contributed by atoms with Crippen LogP contribution in [0.1, 0.15) is 12.8 Å². The number of rotatable bonds is 3. The maximum absolute atomic E-state index is 12.4. The summed E-state index contributed by atoms with van der Waals surface area (Å²) in [5.74, 6) is 0.119. The number of fused-ring (bicyclic) bond motifs is 1. The Labute approximate surface area is 138 Å². The van der Waals surface area contributed by atoms with E-state index in [-0.39, 0.29) is 11.8 Å². The van der Waals surface area contributed by atoms with Gasteiger partial charge in [0.2, 0.25) is 17.8 Å². The van der Waals surface area contributed by atoms with E-state index in [0.717, 1.165) is 16.7 Å². The Kier molecular flexibility index (Phi) is 3.49. The molecule has 0 saturated carbocycles. The molecular weight excluding hydrogens is 304 g/mol. The molecule has 1 aliphatic rings. The van der Waals surface area contributed by atoms with Gasteiger partial charge in [-0.25, -0.2) is 4.98 Å². The Balaban J connectivity index is 1.75. The number of para-hydroxylation sites is 3. The molecule has 2 N–H and O–H groups in total. The molecule has 1 saturated heterocycles. The third-order valence-electron chi connectivity index (χ3n) is 4.12. The van der Waals surface area contributed by atoms with E-state index in [1.807, 2.05) is 59.2 Å². The molecule has 1 aromatic heterocycles. The number of nitrogens with zero attached hydrogens (tertiary/aromatic N) is 2. The molecule has 1 aliphatic heterocycles. The summed E-state index contributed by atoms with van der Waals surface area (Å²) in [6, 6.07) is 16.9. The SMILES string of the molecule is O=C1CC[C@@H](C(=O)Nc2nc3ccccc3n2-c2ccccc2)N1. The van der Waals surface area contributed by atoms with Gasteiger partial charge in [0, 0.05) is 12.1 Å². The molecule has 0 bridgehead atoms. The average molecular weight is 320 g/mol. The highest BCUT2D eigenvalue weighted by atomic mass is 16.2. The molecule has 0 unspecified atom stereocenters. The number of imidazole rings is 1. The zero-order chi connectivity index (χ0) is 16.5. The van der Waals surface area contributed by atoms with Crippen LogP contribution in [0.2, 0.25) is 0 Å². The van der Waals surface area contributed by atoms with Gasteiger partial charge in [-0.3, -0.25) is 19.5 Å². The van der Waals surface area contributed by atoms with Gasteiger partial charge in [-0.1, -0.05) is 30.3 Å². The zero-order valence-corrected chi connectivity index (χ0v) is 12.9. The van der Waals surface area contributed by atoms with Crippen molar-refractivity contribution in [3.05, 3.63) is 54.6 Å². The molecule has 2 aromatic carbocycles. The summed E-state index contributed by atoms with van der Waals surface area (Å²) in [6.45, 7) is 0. The predicted molar refractivity (Wildman–Crippen MR) is 90.9 cm³/mol. The minimum absolute atomic E-state index is 0.0910. The predicted octanol–water partition coefficient (Wildman–Crippen LogP) is 2.24. The van der Waals surface area contributed by atoms with Crippen LogP contribution in [0.25, 0.3) is 16.7 Å². The van der Waals surface area contributed by atoms with Gasteiger partial charge in [0.05, 0.1) is 11.0 Å². The van der Waals surface area contributed by atoms with E-state index in [0.29, 0.717) is 18.8 Å².